The minimum Gasteiger partial charge on any atom is -0.355 e. The predicted molar refractivity (Wildman–Crippen MR) is 105 cm³/mol. The van der Waals surface area contributed by atoms with Crippen LogP contribution in [-0.2, 0) is 6.54 Å². The Labute approximate surface area is 149 Å². The number of hydrogen-bond donors (Lipinski definition) is 1. The van der Waals surface area contributed by atoms with Crippen LogP contribution in [0.15, 0.2) is 66.7 Å². The van der Waals surface area contributed by atoms with Crippen LogP contribution in [0.25, 0.3) is 11.3 Å². The second-order valence-corrected chi connectivity index (χ2v) is 6.07. The highest BCUT2D eigenvalue weighted by molar-refractivity contribution is 5.64. The van der Waals surface area contributed by atoms with E-state index in [0.29, 0.717) is 5.95 Å². The van der Waals surface area contributed by atoms with Gasteiger partial charge in [0.2, 0.25) is 5.95 Å². The first kappa shape index (κ1) is 17.0. The highest BCUT2D eigenvalue weighted by Gasteiger charge is 2.10. The molecule has 1 heterocycles. The zero-order chi connectivity index (χ0) is 17.5. The lowest BCUT2D eigenvalue weighted by molar-refractivity contribution is 0.885. The van der Waals surface area contributed by atoms with Crippen LogP contribution >= 0.6 is 0 Å². The summed E-state index contributed by atoms with van der Waals surface area (Å²) in [5.74, 6) is 1.59. The van der Waals surface area contributed by atoms with Crippen molar-refractivity contribution in [3.8, 4) is 11.3 Å². The summed E-state index contributed by atoms with van der Waals surface area (Å²) < 4.78 is 0. The summed E-state index contributed by atoms with van der Waals surface area (Å²) in [6.07, 6.45) is 1.04. The Morgan fingerprint density at radius 3 is 2.28 bits per heavy atom. The van der Waals surface area contributed by atoms with Crippen LogP contribution in [-0.4, -0.2) is 23.6 Å². The molecule has 1 aromatic heterocycles. The van der Waals surface area contributed by atoms with Gasteiger partial charge in [-0.05, 0) is 12.0 Å². The van der Waals surface area contributed by atoms with Crippen LogP contribution in [0.5, 0.6) is 0 Å². The summed E-state index contributed by atoms with van der Waals surface area (Å²) in [4.78, 5) is 11.5. The molecule has 0 fully saturated rings. The molecular weight excluding hydrogens is 308 g/mol. The molecule has 1 N–H and O–H groups in total. The molecule has 4 nitrogen and oxygen atoms in total. The van der Waals surface area contributed by atoms with Crippen molar-refractivity contribution in [1.29, 1.82) is 0 Å². The monoisotopic (exact) mass is 332 g/mol. The Morgan fingerprint density at radius 1 is 0.920 bits per heavy atom. The molecule has 0 atom stereocenters. The molecular formula is C21H24N4. The average Bonchev–Trinajstić information content (AvgIpc) is 2.67. The van der Waals surface area contributed by atoms with E-state index in [1.807, 2.05) is 24.3 Å². The number of rotatable bonds is 7. The first-order chi connectivity index (χ1) is 12.3. The van der Waals surface area contributed by atoms with Crippen LogP contribution < -0.4 is 10.2 Å². The molecule has 3 aromatic rings. The Morgan fingerprint density at radius 2 is 1.60 bits per heavy atom. The van der Waals surface area contributed by atoms with Crippen molar-refractivity contribution in [2.75, 3.05) is 23.8 Å². The summed E-state index contributed by atoms with van der Waals surface area (Å²) in [5, 5.41) is 3.31. The first-order valence-electron chi connectivity index (χ1n) is 8.69. The quantitative estimate of drug-likeness (QED) is 0.686. The van der Waals surface area contributed by atoms with Gasteiger partial charge in [-0.2, -0.15) is 4.98 Å². The van der Waals surface area contributed by atoms with Crippen LogP contribution in [0.1, 0.15) is 18.9 Å². The Bertz CT molecular complexity index is 788. The number of aromatic nitrogens is 2. The molecule has 0 radical (unpaired) electrons. The zero-order valence-corrected chi connectivity index (χ0v) is 14.8. The molecule has 4 heteroatoms. The van der Waals surface area contributed by atoms with E-state index in [1.165, 1.54) is 5.56 Å². The van der Waals surface area contributed by atoms with E-state index in [2.05, 4.69) is 71.6 Å². The van der Waals surface area contributed by atoms with E-state index in [9.17, 15) is 0 Å². The van der Waals surface area contributed by atoms with Gasteiger partial charge in [0.25, 0.3) is 0 Å². The minimum absolute atomic E-state index is 0.679. The second kappa shape index (κ2) is 8.29. The lowest BCUT2D eigenvalue weighted by Gasteiger charge is -2.20. The van der Waals surface area contributed by atoms with E-state index >= 15 is 0 Å². The van der Waals surface area contributed by atoms with Gasteiger partial charge in [0.1, 0.15) is 5.82 Å². The van der Waals surface area contributed by atoms with Crippen molar-refractivity contribution in [1.82, 2.24) is 9.97 Å². The van der Waals surface area contributed by atoms with E-state index in [1.54, 1.807) is 0 Å². The number of nitrogens with one attached hydrogen (secondary N) is 1. The molecule has 3 rings (SSSR count). The lowest BCUT2D eigenvalue weighted by Crippen LogP contribution is -2.19. The highest BCUT2D eigenvalue weighted by atomic mass is 15.2. The second-order valence-electron chi connectivity index (χ2n) is 6.07. The van der Waals surface area contributed by atoms with Gasteiger partial charge >= 0.3 is 0 Å². The molecule has 0 saturated carbocycles. The average molecular weight is 332 g/mol. The van der Waals surface area contributed by atoms with Crippen molar-refractivity contribution in [2.45, 2.75) is 19.9 Å². The Hall–Kier alpha value is -2.88. The van der Waals surface area contributed by atoms with Crippen LogP contribution in [0.2, 0.25) is 0 Å². The topological polar surface area (TPSA) is 41.1 Å². The smallest absolute Gasteiger partial charge is 0.225 e. The summed E-state index contributed by atoms with van der Waals surface area (Å²) >= 11 is 0. The molecule has 0 aliphatic carbocycles. The predicted octanol–water partition coefficient (Wildman–Crippen LogP) is 4.60. The van der Waals surface area contributed by atoms with E-state index in [4.69, 9.17) is 4.98 Å². The largest absolute Gasteiger partial charge is 0.355 e. The zero-order valence-electron chi connectivity index (χ0n) is 14.8. The third kappa shape index (κ3) is 4.57. The van der Waals surface area contributed by atoms with E-state index in [0.717, 1.165) is 36.6 Å². The highest BCUT2D eigenvalue weighted by Crippen LogP contribution is 2.23. The van der Waals surface area contributed by atoms with Gasteiger partial charge < -0.3 is 10.2 Å². The number of anilines is 2. The molecule has 2 aromatic carbocycles. The standard InChI is InChI=1S/C21H24N4/c1-3-14-22-21-23-19(18-12-8-5-9-13-18)15-20(24-21)25(2)16-17-10-6-4-7-11-17/h4-13,15H,3,14,16H2,1-2H3,(H,22,23,24). The van der Waals surface area contributed by atoms with E-state index in [-0.39, 0.29) is 0 Å². The van der Waals surface area contributed by atoms with Gasteiger partial charge in [-0.15, -0.1) is 0 Å². The maximum absolute atomic E-state index is 4.70. The van der Waals surface area contributed by atoms with Crippen molar-refractivity contribution in [2.24, 2.45) is 0 Å². The van der Waals surface area contributed by atoms with Gasteiger partial charge in [0, 0.05) is 31.8 Å². The molecule has 0 amide bonds. The number of nitrogens with zero attached hydrogens (tertiary/aromatic N) is 3. The van der Waals surface area contributed by atoms with Crippen molar-refractivity contribution in [3.05, 3.63) is 72.3 Å². The molecule has 0 saturated heterocycles. The molecule has 128 valence electrons. The van der Waals surface area contributed by atoms with Crippen molar-refractivity contribution in [3.63, 3.8) is 0 Å². The fourth-order valence-corrected chi connectivity index (χ4v) is 2.64. The normalized spacial score (nSPS) is 10.5. The van der Waals surface area contributed by atoms with Gasteiger partial charge in [0.05, 0.1) is 5.69 Å². The molecule has 0 aliphatic heterocycles. The van der Waals surface area contributed by atoms with Crippen LogP contribution in [0.3, 0.4) is 0 Å². The summed E-state index contributed by atoms with van der Waals surface area (Å²) in [6, 6.07) is 22.7. The fraction of sp³-hybridized carbons (Fsp3) is 0.238. The Balaban J connectivity index is 1.91. The summed E-state index contributed by atoms with van der Waals surface area (Å²) in [6.45, 7) is 3.80. The van der Waals surface area contributed by atoms with Crippen LogP contribution in [0.4, 0.5) is 11.8 Å². The minimum atomic E-state index is 0.679. The van der Waals surface area contributed by atoms with Gasteiger partial charge in [-0.25, -0.2) is 4.98 Å². The number of hydrogen-bond acceptors (Lipinski definition) is 4. The summed E-state index contributed by atoms with van der Waals surface area (Å²) in [7, 11) is 2.06. The lowest BCUT2D eigenvalue weighted by atomic mass is 10.1. The van der Waals surface area contributed by atoms with Crippen molar-refractivity contribution < 1.29 is 0 Å². The third-order valence-electron chi connectivity index (χ3n) is 3.97. The Kier molecular flexibility index (Phi) is 5.62. The van der Waals surface area contributed by atoms with E-state index < -0.39 is 0 Å². The van der Waals surface area contributed by atoms with Gasteiger partial charge in [-0.1, -0.05) is 67.6 Å². The maximum Gasteiger partial charge on any atom is 0.225 e. The maximum atomic E-state index is 4.70. The number of benzene rings is 2. The van der Waals surface area contributed by atoms with Gasteiger partial charge in [0.15, 0.2) is 0 Å². The molecule has 25 heavy (non-hydrogen) atoms. The van der Waals surface area contributed by atoms with Crippen LogP contribution in [0, 0.1) is 0 Å². The summed E-state index contributed by atoms with van der Waals surface area (Å²) in [5.41, 5.74) is 3.29. The SMILES string of the molecule is CCCNc1nc(-c2ccccc2)cc(N(C)Cc2ccccc2)n1. The molecule has 0 spiro atoms. The third-order valence-corrected chi connectivity index (χ3v) is 3.97. The first-order valence-corrected chi connectivity index (χ1v) is 8.69. The van der Waals surface area contributed by atoms with Gasteiger partial charge in [-0.3, -0.25) is 0 Å². The molecule has 0 bridgehead atoms. The fourth-order valence-electron chi connectivity index (χ4n) is 2.64. The van der Waals surface area contributed by atoms with Crippen molar-refractivity contribution >= 4 is 11.8 Å². The molecule has 0 aliphatic rings. The molecule has 0 unspecified atom stereocenters.